The summed E-state index contributed by atoms with van der Waals surface area (Å²) >= 11 is 12.3. The van der Waals surface area contributed by atoms with E-state index < -0.39 is 0 Å². The molecule has 8 aromatic rings. The van der Waals surface area contributed by atoms with E-state index in [2.05, 4.69) is 52.0 Å². The third-order valence-corrected chi connectivity index (χ3v) is 6.75. The van der Waals surface area contributed by atoms with Gasteiger partial charge in [0, 0.05) is 77.0 Å². The van der Waals surface area contributed by atoms with Crippen molar-refractivity contribution in [2.45, 2.75) is 0 Å². The second-order valence-electron chi connectivity index (χ2n) is 9.87. The van der Waals surface area contributed by atoms with Gasteiger partial charge in [0.25, 0.3) is 0 Å². The molecule has 0 unspecified atom stereocenters. The Morgan fingerprint density at radius 1 is 0.346 bits per heavy atom. The predicted octanol–water partition coefficient (Wildman–Crippen LogP) is 9.48. The fourth-order valence-corrected chi connectivity index (χ4v) is 4.54. The molecule has 0 saturated heterocycles. The normalized spacial score (nSPS) is 9.42. The van der Waals surface area contributed by atoms with Gasteiger partial charge in [-0.25, -0.2) is 9.97 Å². The number of rotatable bonds is 4. The Labute approximate surface area is 341 Å². The Morgan fingerprint density at radius 3 is 0.788 bits per heavy atom. The maximum absolute atomic E-state index is 6.15. The summed E-state index contributed by atoms with van der Waals surface area (Å²) in [5, 5.41) is 1.24. The first kappa shape index (κ1) is 41.6. The van der Waals surface area contributed by atoms with E-state index in [1.807, 2.05) is 72.8 Å². The average Bonchev–Trinajstić information content (AvgIpc) is 3.21. The van der Waals surface area contributed by atoms with E-state index in [0.717, 1.165) is 45.6 Å². The molecule has 0 saturated carbocycles. The number of halogens is 2. The minimum atomic E-state index is 0. The quantitative estimate of drug-likeness (QED) is 0.161. The monoisotopic (exact) mass is 1080 g/mol. The summed E-state index contributed by atoms with van der Waals surface area (Å²) in [6.45, 7) is 0. The molecule has 12 heteroatoms. The largest absolute Gasteiger partial charge is 0.391 e. The number of nitrogens with zero attached hydrogens (tertiary/aromatic N) is 8. The Morgan fingerprint density at radius 2 is 0.615 bits per heavy atom. The second-order valence-corrected chi connectivity index (χ2v) is 10.7. The van der Waals surface area contributed by atoms with Crippen LogP contribution in [0.2, 0.25) is 10.0 Å². The molecular weight excluding hydrogens is 1050 g/mol. The molecule has 0 aliphatic carbocycles. The molecule has 0 bridgehead atoms. The van der Waals surface area contributed by atoms with Crippen LogP contribution in [0.15, 0.2) is 171 Å². The van der Waals surface area contributed by atoms with Crippen LogP contribution in [0.1, 0.15) is 0 Å². The maximum atomic E-state index is 6.15. The molecule has 0 aliphatic heterocycles. The summed E-state index contributed by atoms with van der Waals surface area (Å²) in [5.41, 5.74) is 6.15. The minimum absolute atomic E-state index is 0. The van der Waals surface area contributed by atoms with E-state index in [4.69, 9.17) is 23.2 Å². The number of aromatic nitrogens is 8. The number of pyridine rings is 8. The molecule has 0 radical (unpaired) electrons. The molecule has 0 fully saturated rings. The summed E-state index contributed by atoms with van der Waals surface area (Å²) in [7, 11) is 0. The summed E-state index contributed by atoms with van der Waals surface area (Å²) < 4.78 is 0. The molecule has 52 heavy (non-hydrogen) atoms. The van der Waals surface area contributed by atoms with Crippen LogP contribution in [0, 0.1) is 12.1 Å². The molecule has 8 aromatic heterocycles. The molecule has 8 heterocycles. The van der Waals surface area contributed by atoms with Crippen LogP contribution < -0.4 is 0 Å². The first-order chi connectivity index (χ1) is 24.7. The van der Waals surface area contributed by atoms with E-state index >= 15 is 0 Å². The van der Waals surface area contributed by atoms with Gasteiger partial charge in [-0.3, -0.25) is 19.9 Å². The van der Waals surface area contributed by atoms with Crippen LogP contribution in [0.5, 0.6) is 0 Å². The Bertz CT molecular complexity index is 1800. The molecule has 0 spiro atoms. The van der Waals surface area contributed by atoms with E-state index in [1.165, 1.54) is 0 Å². The Balaban J connectivity index is 0.000000207. The van der Waals surface area contributed by atoms with E-state index in [9.17, 15) is 0 Å². The van der Waals surface area contributed by atoms with Crippen molar-refractivity contribution in [3.63, 3.8) is 0 Å². The van der Waals surface area contributed by atoms with Crippen molar-refractivity contribution >= 4 is 23.2 Å². The van der Waals surface area contributed by atoms with E-state index in [-0.39, 0.29) is 42.1 Å². The van der Waals surface area contributed by atoms with Crippen molar-refractivity contribution in [1.29, 1.82) is 0 Å². The van der Waals surface area contributed by atoms with E-state index in [0.29, 0.717) is 10.0 Å². The molecule has 0 aliphatic rings. The zero-order chi connectivity index (χ0) is 34.6. The molecule has 0 amide bonds. The Kier molecular flexibility index (Phi) is 18.9. The minimum Gasteiger partial charge on any atom is -0.391 e. The van der Waals surface area contributed by atoms with Gasteiger partial charge in [-0.1, -0.05) is 72.3 Å². The van der Waals surface area contributed by atoms with Crippen LogP contribution in [-0.2, 0) is 42.1 Å². The van der Waals surface area contributed by atoms with Crippen molar-refractivity contribution in [2.24, 2.45) is 0 Å². The Hall–Kier alpha value is -4.84. The number of hydrogen-bond acceptors (Lipinski definition) is 8. The molecular formula is C40H28Cl2N8Pt2-2. The predicted molar refractivity (Wildman–Crippen MR) is 198 cm³/mol. The smallest absolute Gasteiger partial charge is 0.0909 e. The summed E-state index contributed by atoms with van der Waals surface area (Å²) in [4.78, 5) is 33.8. The molecule has 0 atom stereocenters. The van der Waals surface area contributed by atoms with E-state index in [1.54, 1.807) is 98.1 Å². The van der Waals surface area contributed by atoms with Gasteiger partial charge in [-0.05, 0) is 72.8 Å². The second kappa shape index (κ2) is 23.6. The molecule has 0 aromatic carbocycles. The average molecular weight is 1080 g/mol. The molecule has 264 valence electrons. The van der Waals surface area contributed by atoms with Gasteiger partial charge in [0.05, 0.1) is 45.6 Å². The molecule has 8 nitrogen and oxygen atoms in total. The van der Waals surface area contributed by atoms with Crippen molar-refractivity contribution in [3.8, 4) is 45.6 Å². The van der Waals surface area contributed by atoms with Crippen LogP contribution in [0.4, 0.5) is 0 Å². The standard InChI is InChI=1S/2C15H10ClN3.2C5H4N.2Pt/c2*16-11-9-14(12-5-1-3-7-17-12)19-15(10-11)13-6-2-4-8-18-13;2*1-2-4-6-5-3-1;;/h2*1-10H;2*2-5H;;/q;;2*-1;;. The van der Waals surface area contributed by atoms with Gasteiger partial charge in [0.1, 0.15) is 0 Å². The van der Waals surface area contributed by atoms with Gasteiger partial charge >= 0.3 is 0 Å². The van der Waals surface area contributed by atoms with Crippen LogP contribution in [-0.4, -0.2) is 39.9 Å². The van der Waals surface area contributed by atoms with Crippen molar-refractivity contribution in [3.05, 3.63) is 193 Å². The molecule has 8 rings (SSSR count). The van der Waals surface area contributed by atoms with Gasteiger partial charge in [0.15, 0.2) is 0 Å². The fraction of sp³-hybridized carbons (Fsp3) is 0. The zero-order valence-corrected chi connectivity index (χ0v) is 33.2. The fourth-order valence-electron chi connectivity index (χ4n) is 4.13. The SMILES string of the molecule is Clc1cc(-c2ccccn2)nc(-c2ccccn2)c1.Clc1cc(-c2ccccn2)nc(-c2ccccn2)c1.[Pt].[Pt].[c-]1ccncc1.[c-]1ccncc1. The molecule has 0 N–H and O–H groups in total. The first-order valence-electron chi connectivity index (χ1n) is 15.2. The van der Waals surface area contributed by atoms with Gasteiger partial charge in [0.2, 0.25) is 0 Å². The summed E-state index contributed by atoms with van der Waals surface area (Å²) in [6, 6.07) is 42.7. The van der Waals surface area contributed by atoms with Crippen LogP contribution in [0.3, 0.4) is 0 Å². The van der Waals surface area contributed by atoms with Gasteiger partial charge in [-0.2, -0.15) is 36.4 Å². The maximum Gasteiger partial charge on any atom is 0.0909 e. The summed E-state index contributed by atoms with van der Waals surface area (Å²) in [6.07, 6.45) is 13.7. The van der Waals surface area contributed by atoms with Crippen LogP contribution in [0.25, 0.3) is 45.6 Å². The van der Waals surface area contributed by atoms with Crippen LogP contribution >= 0.6 is 23.2 Å². The van der Waals surface area contributed by atoms with Gasteiger partial charge in [-0.15, -0.1) is 0 Å². The van der Waals surface area contributed by atoms with Crippen molar-refractivity contribution < 1.29 is 42.1 Å². The topological polar surface area (TPSA) is 103 Å². The third kappa shape index (κ3) is 14.1. The van der Waals surface area contributed by atoms with Crippen molar-refractivity contribution in [2.75, 3.05) is 0 Å². The zero-order valence-electron chi connectivity index (χ0n) is 27.1. The first-order valence-corrected chi connectivity index (χ1v) is 15.9. The van der Waals surface area contributed by atoms with Crippen molar-refractivity contribution in [1.82, 2.24) is 39.9 Å². The van der Waals surface area contributed by atoms with Gasteiger partial charge < -0.3 is 9.97 Å². The summed E-state index contributed by atoms with van der Waals surface area (Å²) in [5.74, 6) is 0. The third-order valence-electron chi connectivity index (χ3n) is 6.32. The number of hydrogen-bond donors (Lipinski definition) is 0.